The summed E-state index contributed by atoms with van der Waals surface area (Å²) in [6.07, 6.45) is 0. The average Bonchev–Trinajstić information content (AvgIpc) is 3.43. The first-order valence-electron chi connectivity index (χ1n) is 12.4. The number of nitrogens with zero attached hydrogens (tertiary/aromatic N) is 1. The SMILES string of the molecule is c1cc(Nc2ccc3c(c2)-c2cccc4cccc-3c24)cc(-n2c3ccccc3c3ccccc32)c1. The molecule has 0 spiro atoms. The number of aromatic nitrogens is 1. The molecule has 0 radical (unpaired) electrons. The molecule has 1 aliphatic rings. The third-order valence-electron chi connectivity index (χ3n) is 7.48. The third-order valence-corrected chi connectivity index (χ3v) is 7.48. The predicted octanol–water partition coefficient (Wildman–Crippen LogP) is 9.33. The van der Waals surface area contributed by atoms with Crippen LogP contribution in [0.15, 0.2) is 127 Å². The highest BCUT2D eigenvalue weighted by Crippen LogP contribution is 2.48. The number of benzene rings is 6. The van der Waals surface area contributed by atoms with Gasteiger partial charge in [0.15, 0.2) is 0 Å². The van der Waals surface area contributed by atoms with Crippen molar-refractivity contribution in [2.24, 2.45) is 0 Å². The molecule has 6 aromatic carbocycles. The van der Waals surface area contributed by atoms with Gasteiger partial charge in [-0.15, -0.1) is 0 Å². The van der Waals surface area contributed by atoms with E-state index in [-0.39, 0.29) is 0 Å². The summed E-state index contributed by atoms with van der Waals surface area (Å²) in [5.74, 6) is 0. The molecular formula is C34H22N2. The van der Waals surface area contributed by atoms with Gasteiger partial charge in [0, 0.05) is 27.8 Å². The van der Waals surface area contributed by atoms with Crippen molar-refractivity contribution in [2.45, 2.75) is 0 Å². The summed E-state index contributed by atoms with van der Waals surface area (Å²) in [5.41, 5.74) is 11.0. The Morgan fingerprint density at radius 2 is 1.08 bits per heavy atom. The maximum absolute atomic E-state index is 3.68. The largest absolute Gasteiger partial charge is 0.355 e. The van der Waals surface area contributed by atoms with Crippen LogP contribution in [0.4, 0.5) is 11.4 Å². The van der Waals surface area contributed by atoms with Gasteiger partial charge in [0.25, 0.3) is 0 Å². The van der Waals surface area contributed by atoms with E-state index in [2.05, 4.69) is 137 Å². The Bertz CT molecular complexity index is 1920. The Hall–Kier alpha value is -4.82. The second-order valence-electron chi connectivity index (χ2n) is 9.51. The highest BCUT2D eigenvalue weighted by atomic mass is 15.0. The molecular weight excluding hydrogens is 436 g/mol. The average molecular weight is 459 g/mol. The Morgan fingerprint density at radius 1 is 0.444 bits per heavy atom. The van der Waals surface area contributed by atoms with Crippen molar-refractivity contribution in [3.63, 3.8) is 0 Å². The molecule has 2 nitrogen and oxygen atoms in total. The molecule has 1 N–H and O–H groups in total. The number of rotatable bonds is 3. The zero-order chi connectivity index (χ0) is 23.6. The van der Waals surface area contributed by atoms with Crippen LogP contribution in [0.25, 0.3) is 60.5 Å². The molecule has 0 amide bonds. The zero-order valence-corrected chi connectivity index (χ0v) is 19.6. The number of hydrogen-bond acceptors (Lipinski definition) is 1. The lowest BCUT2D eigenvalue weighted by Gasteiger charge is -2.13. The molecule has 0 saturated heterocycles. The molecule has 7 aromatic rings. The standard InChI is InChI=1S/C34H22N2/c1-3-16-32-27(12-1)28-13-2-4-17-33(28)36(32)25-11-7-10-23(20-25)35-24-18-19-26-29-14-5-8-22-9-6-15-30(34(22)29)31(26)21-24/h1-21,35H. The number of anilines is 2. The van der Waals surface area contributed by atoms with Crippen LogP contribution in [0.1, 0.15) is 0 Å². The van der Waals surface area contributed by atoms with Crippen LogP contribution in [-0.2, 0) is 0 Å². The quantitative estimate of drug-likeness (QED) is 0.279. The van der Waals surface area contributed by atoms with E-state index in [1.54, 1.807) is 0 Å². The molecule has 0 saturated carbocycles. The lowest BCUT2D eigenvalue weighted by molar-refractivity contribution is 1.18. The zero-order valence-electron chi connectivity index (χ0n) is 19.6. The van der Waals surface area contributed by atoms with Crippen LogP contribution in [0.5, 0.6) is 0 Å². The van der Waals surface area contributed by atoms with E-state index in [9.17, 15) is 0 Å². The topological polar surface area (TPSA) is 17.0 Å². The summed E-state index contributed by atoms with van der Waals surface area (Å²) in [7, 11) is 0. The first-order valence-corrected chi connectivity index (χ1v) is 12.4. The predicted molar refractivity (Wildman–Crippen MR) is 152 cm³/mol. The fraction of sp³-hybridized carbons (Fsp3) is 0. The highest BCUT2D eigenvalue weighted by molar-refractivity contribution is 6.15. The van der Waals surface area contributed by atoms with Gasteiger partial charge < -0.3 is 9.88 Å². The molecule has 0 aliphatic heterocycles. The molecule has 0 atom stereocenters. The van der Waals surface area contributed by atoms with Gasteiger partial charge >= 0.3 is 0 Å². The second-order valence-corrected chi connectivity index (χ2v) is 9.51. The summed E-state index contributed by atoms with van der Waals surface area (Å²) in [6.45, 7) is 0. The van der Waals surface area contributed by atoms with E-state index < -0.39 is 0 Å². The van der Waals surface area contributed by atoms with Gasteiger partial charge in [0.05, 0.1) is 11.0 Å². The van der Waals surface area contributed by atoms with Crippen LogP contribution >= 0.6 is 0 Å². The molecule has 1 aliphatic carbocycles. The Morgan fingerprint density at radius 3 is 1.83 bits per heavy atom. The molecule has 0 fully saturated rings. The molecule has 2 heteroatoms. The number of nitrogens with one attached hydrogen (secondary N) is 1. The lowest BCUT2D eigenvalue weighted by atomic mass is 10.0. The van der Waals surface area contributed by atoms with Crippen molar-refractivity contribution in [3.05, 3.63) is 127 Å². The van der Waals surface area contributed by atoms with Gasteiger partial charge in [-0.3, -0.25) is 0 Å². The van der Waals surface area contributed by atoms with E-state index in [1.807, 2.05) is 0 Å². The van der Waals surface area contributed by atoms with Gasteiger partial charge in [0.1, 0.15) is 0 Å². The maximum atomic E-state index is 3.68. The molecule has 36 heavy (non-hydrogen) atoms. The fourth-order valence-electron chi connectivity index (χ4n) is 5.96. The molecule has 0 bridgehead atoms. The van der Waals surface area contributed by atoms with E-state index in [1.165, 1.54) is 54.8 Å². The molecule has 168 valence electrons. The number of para-hydroxylation sites is 2. The summed E-state index contributed by atoms with van der Waals surface area (Å²) < 4.78 is 2.36. The molecule has 0 unspecified atom stereocenters. The third kappa shape index (κ3) is 2.73. The van der Waals surface area contributed by atoms with Crippen LogP contribution in [-0.4, -0.2) is 4.57 Å². The van der Waals surface area contributed by atoms with E-state index in [4.69, 9.17) is 0 Å². The lowest BCUT2D eigenvalue weighted by Crippen LogP contribution is -1.96. The van der Waals surface area contributed by atoms with Crippen LogP contribution in [0.2, 0.25) is 0 Å². The van der Waals surface area contributed by atoms with Gasteiger partial charge in [-0.2, -0.15) is 0 Å². The second kappa shape index (κ2) is 7.34. The summed E-state index contributed by atoms with van der Waals surface area (Å²) in [6, 6.07) is 45.9. The molecule has 1 aromatic heterocycles. The van der Waals surface area contributed by atoms with Crippen molar-refractivity contribution in [2.75, 3.05) is 5.32 Å². The Labute approximate surface area is 209 Å². The van der Waals surface area contributed by atoms with E-state index >= 15 is 0 Å². The van der Waals surface area contributed by atoms with Crippen molar-refractivity contribution in [1.82, 2.24) is 4.57 Å². The smallest absolute Gasteiger partial charge is 0.0541 e. The molecule has 8 rings (SSSR count). The minimum atomic E-state index is 1.07. The van der Waals surface area contributed by atoms with E-state index in [0.717, 1.165) is 17.1 Å². The van der Waals surface area contributed by atoms with Crippen molar-refractivity contribution < 1.29 is 0 Å². The monoisotopic (exact) mass is 458 g/mol. The summed E-state index contributed by atoms with van der Waals surface area (Å²) in [4.78, 5) is 0. The maximum Gasteiger partial charge on any atom is 0.0541 e. The summed E-state index contributed by atoms with van der Waals surface area (Å²) >= 11 is 0. The van der Waals surface area contributed by atoms with Crippen molar-refractivity contribution in [1.29, 1.82) is 0 Å². The van der Waals surface area contributed by atoms with Crippen molar-refractivity contribution in [3.8, 4) is 27.9 Å². The van der Waals surface area contributed by atoms with E-state index in [0.29, 0.717) is 0 Å². The molecule has 1 heterocycles. The van der Waals surface area contributed by atoms with Crippen LogP contribution in [0.3, 0.4) is 0 Å². The Kier molecular flexibility index (Phi) is 3.97. The fourth-order valence-corrected chi connectivity index (χ4v) is 5.96. The minimum absolute atomic E-state index is 1.07. The van der Waals surface area contributed by atoms with Crippen molar-refractivity contribution >= 4 is 44.0 Å². The highest BCUT2D eigenvalue weighted by Gasteiger charge is 2.21. The van der Waals surface area contributed by atoms with Gasteiger partial charge in [-0.1, -0.05) is 84.9 Å². The van der Waals surface area contributed by atoms with Gasteiger partial charge in [0.2, 0.25) is 0 Å². The van der Waals surface area contributed by atoms with Crippen LogP contribution in [0, 0.1) is 0 Å². The minimum Gasteiger partial charge on any atom is -0.355 e. The number of fused-ring (bicyclic) bond motifs is 6. The van der Waals surface area contributed by atoms with Gasteiger partial charge in [-0.25, -0.2) is 0 Å². The summed E-state index contributed by atoms with van der Waals surface area (Å²) in [5, 5.41) is 8.89. The normalized spacial score (nSPS) is 11.9. The first-order chi connectivity index (χ1) is 17.8. The van der Waals surface area contributed by atoms with Crippen LogP contribution < -0.4 is 5.32 Å². The Balaban J connectivity index is 1.22. The first kappa shape index (κ1) is 19.5. The number of hydrogen-bond donors (Lipinski definition) is 1. The van der Waals surface area contributed by atoms with Gasteiger partial charge in [-0.05, 0) is 75.5 Å².